The normalized spacial score (nSPS) is 20.1. The highest BCUT2D eigenvalue weighted by molar-refractivity contribution is 7.99. The smallest absolute Gasteiger partial charge is 0.335 e. The number of carboxylic acids is 1. The summed E-state index contributed by atoms with van der Waals surface area (Å²) in [4.78, 5) is 15.3. The number of aromatic carboxylic acids is 1. The molecule has 0 bridgehead atoms. The second-order valence-corrected chi connectivity index (χ2v) is 5.71. The van der Waals surface area contributed by atoms with Crippen molar-refractivity contribution in [3.05, 3.63) is 29.7 Å². The largest absolute Gasteiger partial charge is 0.478 e. The SMILES string of the molecule is O=C(O)c1ccc2oc(C3CCCCS3)nc2c1. The maximum Gasteiger partial charge on any atom is 0.335 e. The number of nitrogens with zero attached hydrogens (tertiary/aromatic N) is 1. The Morgan fingerprint density at radius 1 is 1.44 bits per heavy atom. The fourth-order valence-corrected chi connectivity index (χ4v) is 3.38. The van der Waals surface area contributed by atoms with Crippen LogP contribution in [0.25, 0.3) is 11.1 Å². The van der Waals surface area contributed by atoms with Gasteiger partial charge in [0.05, 0.1) is 10.8 Å². The number of rotatable bonds is 2. The predicted molar refractivity (Wildman–Crippen MR) is 70.0 cm³/mol. The Labute approximate surface area is 108 Å². The molecule has 1 aliphatic heterocycles. The molecule has 2 heterocycles. The van der Waals surface area contributed by atoms with E-state index in [0.717, 1.165) is 18.1 Å². The lowest BCUT2D eigenvalue weighted by Gasteiger charge is -2.17. The van der Waals surface area contributed by atoms with E-state index in [4.69, 9.17) is 9.52 Å². The maximum absolute atomic E-state index is 10.9. The first-order valence-electron chi connectivity index (χ1n) is 5.99. The van der Waals surface area contributed by atoms with Crippen molar-refractivity contribution in [3.8, 4) is 0 Å². The minimum absolute atomic E-state index is 0.249. The molecule has 5 heteroatoms. The molecule has 4 nitrogen and oxygen atoms in total. The molecule has 1 aliphatic rings. The van der Waals surface area contributed by atoms with Crippen molar-refractivity contribution in [1.29, 1.82) is 0 Å². The van der Waals surface area contributed by atoms with Crippen molar-refractivity contribution in [2.24, 2.45) is 0 Å². The molecule has 1 unspecified atom stereocenters. The summed E-state index contributed by atoms with van der Waals surface area (Å²) in [6.07, 6.45) is 3.55. The first kappa shape index (κ1) is 11.6. The van der Waals surface area contributed by atoms with Crippen LogP contribution >= 0.6 is 11.8 Å². The molecular weight excluding hydrogens is 250 g/mol. The molecule has 1 saturated heterocycles. The van der Waals surface area contributed by atoms with Crippen LogP contribution < -0.4 is 0 Å². The van der Waals surface area contributed by atoms with E-state index in [1.807, 2.05) is 11.8 Å². The van der Waals surface area contributed by atoms with Gasteiger partial charge >= 0.3 is 5.97 Å². The Morgan fingerprint density at radius 3 is 3.06 bits per heavy atom. The van der Waals surface area contributed by atoms with Crippen molar-refractivity contribution in [1.82, 2.24) is 4.98 Å². The minimum atomic E-state index is -0.937. The summed E-state index contributed by atoms with van der Waals surface area (Å²) in [6.45, 7) is 0. The van der Waals surface area contributed by atoms with Crippen molar-refractivity contribution in [2.75, 3.05) is 5.75 Å². The zero-order chi connectivity index (χ0) is 12.5. The Bertz CT molecular complexity index is 587. The van der Waals surface area contributed by atoms with Gasteiger partial charge in [0.1, 0.15) is 5.52 Å². The van der Waals surface area contributed by atoms with Gasteiger partial charge in [0, 0.05) is 0 Å². The van der Waals surface area contributed by atoms with Crippen LogP contribution in [0.15, 0.2) is 22.6 Å². The van der Waals surface area contributed by atoms with Gasteiger partial charge in [0.2, 0.25) is 5.89 Å². The molecule has 1 N–H and O–H groups in total. The van der Waals surface area contributed by atoms with E-state index >= 15 is 0 Å². The van der Waals surface area contributed by atoms with E-state index in [-0.39, 0.29) is 5.56 Å². The van der Waals surface area contributed by atoms with Crippen LogP contribution in [0.4, 0.5) is 0 Å². The third-order valence-corrected chi connectivity index (χ3v) is 4.47. The van der Waals surface area contributed by atoms with Gasteiger partial charge in [0.25, 0.3) is 0 Å². The van der Waals surface area contributed by atoms with Crippen molar-refractivity contribution in [3.63, 3.8) is 0 Å². The monoisotopic (exact) mass is 263 g/mol. The Morgan fingerprint density at radius 2 is 2.33 bits per heavy atom. The van der Waals surface area contributed by atoms with Gasteiger partial charge < -0.3 is 9.52 Å². The molecule has 94 valence electrons. The summed E-state index contributed by atoms with van der Waals surface area (Å²) in [5.41, 5.74) is 1.55. The molecule has 3 rings (SSSR count). The van der Waals surface area contributed by atoms with Crippen LogP contribution in [-0.2, 0) is 0 Å². The van der Waals surface area contributed by atoms with Crippen molar-refractivity contribution < 1.29 is 14.3 Å². The highest BCUT2D eigenvalue weighted by Gasteiger charge is 2.21. The number of aromatic nitrogens is 1. The molecule has 0 saturated carbocycles. The predicted octanol–water partition coefficient (Wildman–Crippen LogP) is 3.48. The molecule has 0 amide bonds. The highest BCUT2D eigenvalue weighted by Crippen LogP contribution is 2.38. The van der Waals surface area contributed by atoms with Gasteiger partial charge in [-0.3, -0.25) is 0 Å². The van der Waals surface area contributed by atoms with Crippen LogP contribution in [0.3, 0.4) is 0 Å². The van der Waals surface area contributed by atoms with E-state index in [1.54, 1.807) is 18.2 Å². The van der Waals surface area contributed by atoms with Gasteiger partial charge in [-0.25, -0.2) is 9.78 Å². The van der Waals surface area contributed by atoms with Gasteiger partial charge in [-0.15, -0.1) is 11.8 Å². The molecular formula is C13H13NO3S. The summed E-state index contributed by atoms with van der Waals surface area (Å²) in [7, 11) is 0. The van der Waals surface area contributed by atoms with Gasteiger partial charge in [-0.2, -0.15) is 0 Å². The maximum atomic E-state index is 10.9. The van der Waals surface area contributed by atoms with Crippen LogP contribution in [0, 0.1) is 0 Å². The zero-order valence-corrected chi connectivity index (χ0v) is 10.6. The van der Waals surface area contributed by atoms with E-state index in [2.05, 4.69) is 4.98 Å². The van der Waals surface area contributed by atoms with Gasteiger partial charge in [0.15, 0.2) is 5.58 Å². The molecule has 1 aromatic heterocycles. The first-order valence-corrected chi connectivity index (χ1v) is 7.04. The van der Waals surface area contributed by atoms with Crippen molar-refractivity contribution >= 4 is 28.8 Å². The van der Waals surface area contributed by atoms with E-state index in [0.29, 0.717) is 16.3 Å². The van der Waals surface area contributed by atoms with E-state index in [1.165, 1.54) is 12.8 Å². The second kappa shape index (κ2) is 4.65. The number of hydrogen-bond acceptors (Lipinski definition) is 4. The number of carbonyl (C=O) groups is 1. The first-order chi connectivity index (χ1) is 8.74. The summed E-state index contributed by atoms with van der Waals surface area (Å²) in [6, 6.07) is 4.80. The second-order valence-electron chi connectivity index (χ2n) is 4.39. The topological polar surface area (TPSA) is 63.3 Å². The molecule has 2 aromatic rings. The lowest BCUT2D eigenvalue weighted by molar-refractivity contribution is 0.0697. The average molecular weight is 263 g/mol. The molecule has 18 heavy (non-hydrogen) atoms. The Balaban J connectivity index is 1.97. The summed E-state index contributed by atoms with van der Waals surface area (Å²) in [5, 5.41) is 9.26. The fraction of sp³-hybridized carbons (Fsp3) is 0.385. The molecule has 0 aliphatic carbocycles. The summed E-state index contributed by atoms with van der Waals surface area (Å²) in [5.74, 6) is 0.940. The van der Waals surface area contributed by atoms with Gasteiger partial charge in [-0.05, 0) is 36.8 Å². The number of fused-ring (bicyclic) bond motifs is 1. The molecule has 1 fully saturated rings. The van der Waals surface area contributed by atoms with E-state index in [9.17, 15) is 4.79 Å². The summed E-state index contributed by atoms with van der Waals surface area (Å²) < 4.78 is 5.72. The van der Waals surface area contributed by atoms with Crippen molar-refractivity contribution in [2.45, 2.75) is 24.5 Å². The standard InChI is InChI=1S/C13H13NO3S/c15-13(16)8-4-5-10-9(7-8)14-12(17-10)11-3-1-2-6-18-11/h4-5,7,11H,1-3,6H2,(H,15,16). The molecule has 0 radical (unpaired) electrons. The lowest BCUT2D eigenvalue weighted by Crippen LogP contribution is -2.02. The Kier molecular flexibility index (Phi) is 2.99. The number of thioether (sulfide) groups is 1. The fourth-order valence-electron chi connectivity index (χ4n) is 2.15. The molecule has 1 atom stereocenters. The number of benzene rings is 1. The quantitative estimate of drug-likeness (QED) is 0.898. The minimum Gasteiger partial charge on any atom is -0.478 e. The molecule has 1 aromatic carbocycles. The average Bonchev–Trinajstić information content (AvgIpc) is 2.82. The third-order valence-electron chi connectivity index (χ3n) is 3.11. The third kappa shape index (κ3) is 2.10. The van der Waals surface area contributed by atoms with Crippen LogP contribution in [-0.4, -0.2) is 21.8 Å². The molecule has 0 spiro atoms. The van der Waals surface area contributed by atoms with E-state index < -0.39 is 5.97 Å². The summed E-state index contributed by atoms with van der Waals surface area (Å²) >= 11 is 1.87. The highest BCUT2D eigenvalue weighted by atomic mass is 32.2. The van der Waals surface area contributed by atoms with Gasteiger partial charge in [-0.1, -0.05) is 6.42 Å². The zero-order valence-electron chi connectivity index (χ0n) is 9.76. The van der Waals surface area contributed by atoms with Crippen LogP contribution in [0.5, 0.6) is 0 Å². The number of oxazole rings is 1. The van der Waals surface area contributed by atoms with Crippen LogP contribution in [0.1, 0.15) is 40.8 Å². The number of carboxylic acid groups (broad SMARTS) is 1. The Hall–Kier alpha value is -1.49. The lowest BCUT2D eigenvalue weighted by atomic mass is 10.2. The van der Waals surface area contributed by atoms with Crippen LogP contribution in [0.2, 0.25) is 0 Å². The number of hydrogen-bond donors (Lipinski definition) is 1.